The van der Waals surface area contributed by atoms with Crippen LogP contribution in [0.3, 0.4) is 0 Å². The highest BCUT2D eigenvalue weighted by molar-refractivity contribution is 7.89. The van der Waals surface area contributed by atoms with Crippen molar-refractivity contribution >= 4 is 21.6 Å². The summed E-state index contributed by atoms with van der Waals surface area (Å²) in [6, 6.07) is 13.1. The number of methoxy groups -OCH3 is 1. The Morgan fingerprint density at radius 2 is 1.81 bits per heavy atom. The molecule has 0 bridgehead atoms. The van der Waals surface area contributed by atoms with Gasteiger partial charge >= 0.3 is 0 Å². The summed E-state index contributed by atoms with van der Waals surface area (Å²) >= 11 is 0. The predicted molar refractivity (Wildman–Crippen MR) is 102 cm³/mol. The van der Waals surface area contributed by atoms with Gasteiger partial charge in [-0.2, -0.15) is 4.31 Å². The standard InChI is InChI=1S/C19H24N2O4S/c1-14(2)21(3)26(23,24)18-10-8-16(9-11-18)19(22)20-17-7-5-6-15(12-17)13-25-4/h5-12,14H,13H2,1-4H3,(H,20,22). The zero-order valence-electron chi connectivity index (χ0n) is 15.4. The first-order chi connectivity index (χ1) is 12.3. The van der Waals surface area contributed by atoms with Gasteiger partial charge in [0.15, 0.2) is 0 Å². The molecule has 2 aromatic carbocycles. The number of benzene rings is 2. The van der Waals surface area contributed by atoms with Crippen molar-refractivity contribution in [2.45, 2.75) is 31.4 Å². The van der Waals surface area contributed by atoms with Gasteiger partial charge in [0.05, 0.1) is 11.5 Å². The van der Waals surface area contributed by atoms with Gasteiger partial charge in [0.1, 0.15) is 0 Å². The fraction of sp³-hybridized carbons (Fsp3) is 0.316. The Balaban J connectivity index is 2.15. The summed E-state index contributed by atoms with van der Waals surface area (Å²) in [5, 5.41) is 2.80. The van der Waals surface area contributed by atoms with E-state index in [0.717, 1.165) is 5.56 Å². The third kappa shape index (κ3) is 4.69. The highest BCUT2D eigenvalue weighted by atomic mass is 32.2. The van der Waals surface area contributed by atoms with Gasteiger partial charge in [0.2, 0.25) is 10.0 Å². The van der Waals surface area contributed by atoms with Crippen molar-refractivity contribution in [3.8, 4) is 0 Å². The Morgan fingerprint density at radius 1 is 1.15 bits per heavy atom. The van der Waals surface area contributed by atoms with Crippen LogP contribution in [0.5, 0.6) is 0 Å². The summed E-state index contributed by atoms with van der Waals surface area (Å²) < 4.78 is 31.3. The van der Waals surface area contributed by atoms with E-state index in [1.807, 2.05) is 18.2 Å². The van der Waals surface area contributed by atoms with Crippen LogP contribution in [0.4, 0.5) is 5.69 Å². The van der Waals surface area contributed by atoms with Crippen LogP contribution in [0.25, 0.3) is 0 Å². The summed E-state index contributed by atoms with van der Waals surface area (Å²) in [6.45, 7) is 4.06. The SMILES string of the molecule is COCc1cccc(NC(=O)c2ccc(S(=O)(=O)N(C)C(C)C)cc2)c1. The lowest BCUT2D eigenvalue weighted by molar-refractivity contribution is 0.102. The van der Waals surface area contributed by atoms with E-state index in [-0.39, 0.29) is 16.8 Å². The fourth-order valence-corrected chi connectivity index (χ4v) is 3.70. The largest absolute Gasteiger partial charge is 0.380 e. The van der Waals surface area contributed by atoms with Crippen molar-refractivity contribution in [2.24, 2.45) is 0 Å². The van der Waals surface area contributed by atoms with E-state index in [1.165, 1.54) is 35.6 Å². The normalized spacial score (nSPS) is 11.8. The zero-order valence-corrected chi connectivity index (χ0v) is 16.2. The van der Waals surface area contributed by atoms with Gasteiger partial charge in [0.25, 0.3) is 5.91 Å². The lowest BCUT2D eigenvalue weighted by atomic mass is 10.2. The third-order valence-corrected chi connectivity index (χ3v) is 6.06. The molecule has 0 fully saturated rings. The first-order valence-electron chi connectivity index (χ1n) is 8.23. The van der Waals surface area contributed by atoms with Gasteiger partial charge in [-0.05, 0) is 55.8 Å². The Hall–Kier alpha value is -2.22. The molecule has 140 valence electrons. The molecule has 0 saturated carbocycles. The van der Waals surface area contributed by atoms with Crippen molar-refractivity contribution in [3.05, 3.63) is 59.7 Å². The molecule has 2 aromatic rings. The summed E-state index contributed by atoms with van der Waals surface area (Å²) in [5.41, 5.74) is 1.98. The van der Waals surface area contributed by atoms with E-state index >= 15 is 0 Å². The van der Waals surface area contributed by atoms with Crippen LogP contribution >= 0.6 is 0 Å². The van der Waals surface area contributed by atoms with E-state index in [4.69, 9.17) is 4.74 Å². The minimum absolute atomic E-state index is 0.151. The van der Waals surface area contributed by atoms with E-state index in [9.17, 15) is 13.2 Å². The smallest absolute Gasteiger partial charge is 0.255 e. The van der Waals surface area contributed by atoms with E-state index in [1.54, 1.807) is 27.0 Å². The quantitative estimate of drug-likeness (QED) is 0.806. The first-order valence-corrected chi connectivity index (χ1v) is 9.67. The molecule has 0 heterocycles. The molecule has 1 amide bonds. The maximum Gasteiger partial charge on any atom is 0.255 e. The number of anilines is 1. The van der Waals surface area contributed by atoms with Crippen LogP contribution in [-0.4, -0.2) is 38.8 Å². The average molecular weight is 376 g/mol. The van der Waals surface area contributed by atoms with E-state index in [0.29, 0.717) is 17.9 Å². The number of rotatable bonds is 7. The topological polar surface area (TPSA) is 75.7 Å². The van der Waals surface area contributed by atoms with Gasteiger partial charge in [-0.15, -0.1) is 0 Å². The zero-order chi connectivity index (χ0) is 19.3. The number of nitrogens with zero attached hydrogens (tertiary/aromatic N) is 1. The van der Waals surface area contributed by atoms with E-state index < -0.39 is 10.0 Å². The second kappa shape index (κ2) is 8.44. The predicted octanol–water partition coefficient (Wildman–Crippen LogP) is 3.11. The minimum atomic E-state index is -3.56. The number of carbonyl (C=O) groups is 1. The van der Waals surface area contributed by atoms with E-state index in [2.05, 4.69) is 5.32 Å². The highest BCUT2D eigenvalue weighted by Gasteiger charge is 2.23. The number of ether oxygens (including phenoxy) is 1. The van der Waals surface area contributed by atoms with Crippen molar-refractivity contribution < 1.29 is 17.9 Å². The number of hydrogen-bond donors (Lipinski definition) is 1. The summed E-state index contributed by atoms with van der Waals surface area (Å²) in [7, 11) is -0.420. The van der Waals surface area contributed by atoms with Crippen LogP contribution in [-0.2, 0) is 21.4 Å². The first kappa shape index (κ1) is 20.1. The van der Waals surface area contributed by atoms with Gasteiger partial charge in [-0.1, -0.05) is 12.1 Å². The second-order valence-electron chi connectivity index (χ2n) is 6.23. The lowest BCUT2D eigenvalue weighted by Crippen LogP contribution is -2.33. The number of amides is 1. The van der Waals surface area contributed by atoms with Crippen molar-refractivity contribution in [2.75, 3.05) is 19.5 Å². The van der Waals surface area contributed by atoms with Crippen LogP contribution in [0.1, 0.15) is 29.8 Å². The molecular formula is C19H24N2O4S. The van der Waals surface area contributed by atoms with Crippen molar-refractivity contribution in [3.63, 3.8) is 0 Å². The fourth-order valence-electron chi connectivity index (χ4n) is 2.33. The molecular weight excluding hydrogens is 352 g/mol. The molecule has 0 radical (unpaired) electrons. The monoisotopic (exact) mass is 376 g/mol. The molecule has 0 aliphatic carbocycles. The molecule has 0 spiro atoms. The van der Waals surface area contributed by atoms with Gasteiger partial charge in [0, 0.05) is 31.5 Å². The van der Waals surface area contributed by atoms with Crippen LogP contribution in [0.15, 0.2) is 53.4 Å². The molecule has 0 atom stereocenters. The number of nitrogens with one attached hydrogen (secondary N) is 1. The Labute approximate surface area is 154 Å². The van der Waals surface area contributed by atoms with Gasteiger partial charge < -0.3 is 10.1 Å². The molecule has 0 aromatic heterocycles. The van der Waals surface area contributed by atoms with Gasteiger partial charge in [-0.25, -0.2) is 8.42 Å². The molecule has 1 N–H and O–H groups in total. The Bertz CT molecular complexity index is 861. The minimum Gasteiger partial charge on any atom is -0.380 e. The summed E-state index contributed by atoms with van der Waals surface area (Å²) in [4.78, 5) is 12.5. The lowest BCUT2D eigenvalue weighted by Gasteiger charge is -2.21. The summed E-state index contributed by atoms with van der Waals surface area (Å²) in [5.74, 6) is -0.305. The second-order valence-corrected chi connectivity index (χ2v) is 8.22. The third-order valence-electron chi connectivity index (χ3n) is 4.02. The van der Waals surface area contributed by atoms with Gasteiger partial charge in [-0.3, -0.25) is 4.79 Å². The average Bonchev–Trinajstić information content (AvgIpc) is 2.61. The Kier molecular flexibility index (Phi) is 6.52. The highest BCUT2D eigenvalue weighted by Crippen LogP contribution is 2.18. The Morgan fingerprint density at radius 3 is 2.38 bits per heavy atom. The van der Waals surface area contributed by atoms with Crippen LogP contribution in [0, 0.1) is 0 Å². The number of sulfonamides is 1. The molecule has 26 heavy (non-hydrogen) atoms. The summed E-state index contributed by atoms with van der Waals surface area (Å²) in [6.07, 6.45) is 0. The van der Waals surface area contributed by atoms with Crippen molar-refractivity contribution in [1.82, 2.24) is 4.31 Å². The molecule has 2 rings (SSSR count). The van der Waals surface area contributed by atoms with Crippen LogP contribution < -0.4 is 5.32 Å². The number of carbonyl (C=O) groups excluding carboxylic acids is 1. The molecule has 0 aliphatic heterocycles. The molecule has 0 aliphatic rings. The molecule has 0 saturated heterocycles. The maximum absolute atomic E-state index is 12.5. The van der Waals surface area contributed by atoms with Crippen LogP contribution in [0.2, 0.25) is 0 Å². The van der Waals surface area contributed by atoms with Crippen molar-refractivity contribution in [1.29, 1.82) is 0 Å². The molecule has 6 nitrogen and oxygen atoms in total. The maximum atomic E-state index is 12.5. The molecule has 0 unspecified atom stereocenters. The number of hydrogen-bond acceptors (Lipinski definition) is 4. The molecule has 7 heteroatoms.